The molecule has 0 N–H and O–H groups in total. The van der Waals surface area contributed by atoms with E-state index in [-0.39, 0.29) is 23.3 Å². The highest BCUT2D eigenvalue weighted by Crippen LogP contribution is 2.33. The third kappa shape index (κ3) is 4.27. The molecule has 1 aromatic carbocycles. The van der Waals surface area contributed by atoms with Gasteiger partial charge in [0, 0.05) is 45.6 Å². The lowest BCUT2D eigenvalue weighted by Crippen LogP contribution is -2.51. The van der Waals surface area contributed by atoms with Crippen LogP contribution in [0.2, 0.25) is 0 Å². The van der Waals surface area contributed by atoms with Crippen molar-refractivity contribution in [3.8, 4) is 0 Å². The van der Waals surface area contributed by atoms with Crippen LogP contribution in [0.15, 0.2) is 23.1 Å². The van der Waals surface area contributed by atoms with Gasteiger partial charge in [-0.3, -0.25) is 4.79 Å². The number of aryl methyl sites for hydroxylation is 1. The second-order valence-corrected chi connectivity index (χ2v) is 11.0. The van der Waals surface area contributed by atoms with Gasteiger partial charge in [-0.15, -0.1) is 5.10 Å². The molecular formula is C22H31N5O5S. The summed E-state index contributed by atoms with van der Waals surface area (Å²) in [6.07, 6.45) is 3.59. The van der Waals surface area contributed by atoms with Gasteiger partial charge in [0.15, 0.2) is 5.79 Å². The highest BCUT2D eigenvalue weighted by atomic mass is 32.2. The fraction of sp³-hybridized carbons (Fsp3) is 0.682. The number of sulfonamides is 1. The normalized spacial score (nSPS) is 24.0. The van der Waals surface area contributed by atoms with Crippen LogP contribution in [0.1, 0.15) is 39.0 Å². The van der Waals surface area contributed by atoms with E-state index in [0.29, 0.717) is 64.0 Å². The number of benzene rings is 1. The SMILES string of the molecule is CCCn1nnc2cc(S(=O)(=O)N3CCC[C@@H](C(=O)N4CCC5(CC4)OCCO5)C3)ccc21. The van der Waals surface area contributed by atoms with Gasteiger partial charge in [-0.05, 0) is 37.5 Å². The van der Waals surface area contributed by atoms with Crippen molar-refractivity contribution in [2.75, 3.05) is 39.4 Å². The van der Waals surface area contributed by atoms with Gasteiger partial charge in [0.1, 0.15) is 5.52 Å². The van der Waals surface area contributed by atoms with Crippen LogP contribution in [0.5, 0.6) is 0 Å². The van der Waals surface area contributed by atoms with Crippen LogP contribution in [-0.2, 0) is 30.8 Å². The summed E-state index contributed by atoms with van der Waals surface area (Å²) in [5.74, 6) is -0.834. The van der Waals surface area contributed by atoms with E-state index in [9.17, 15) is 13.2 Å². The van der Waals surface area contributed by atoms with Gasteiger partial charge in [0.2, 0.25) is 15.9 Å². The minimum Gasteiger partial charge on any atom is -0.347 e. The quantitative estimate of drug-likeness (QED) is 0.644. The summed E-state index contributed by atoms with van der Waals surface area (Å²) in [5, 5.41) is 8.26. The average Bonchev–Trinajstić information content (AvgIpc) is 3.46. The van der Waals surface area contributed by atoms with Crippen molar-refractivity contribution in [1.82, 2.24) is 24.2 Å². The first-order chi connectivity index (χ1) is 15.9. The Hall–Kier alpha value is -2.08. The molecule has 0 bridgehead atoms. The Morgan fingerprint density at radius 2 is 1.94 bits per heavy atom. The molecule has 0 radical (unpaired) electrons. The van der Waals surface area contributed by atoms with Crippen LogP contribution >= 0.6 is 0 Å². The molecule has 11 heteroatoms. The molecule has 33 heavy (non-hydrogen) atoms. The number of hydrogen-bond donors (Lipinski definition) is 0. The third-order valence-electron chi connectivity index (χ3n) is 6.94. The van der Waals surface area contributed by atoms with E-state index in [1.807, 2.05) is 4.90 Å². The molecular weight excluding hydrogens is 446 g/mol. The minimum absolute atomic E-state index is 0.0284. The number of nitrogens with zero attached hydrogens (tertiary/aromatic N) is 5. The number of carbonyl (C=O) groups is 1. The van der Waals surface area contributed by atoms with Crippen molar-refractivity contribution < 1.29 is 22.7 Å². The Morgan fingerprint density at radius 3 is 2.67 bits per heavy atom. The van der Waals surface area contributed by atoms with Crippen molar-refractivity contribution in [2.45, 2.75) is 56.3 Å². The molecule has 3 fully saturated rings. The van der Waals surface area contributed by atoms with E-state index in [4.69, 9.17) is 9.47 Å². The van der Waals surface area contributed by atoms with Gasteiger partial charge >= 0.3 is 0 Å². The number of carbonyl (C=O) groups excluding carboxylic acids is 1. The molecule has 1 spiro atoms. The lowest BCUT2D eigenvalue weighted by Gasteiger charge is -2.40. The molecule has 0 unspecified atom stereocenters. The Morgan fingerprint density at radius 1 is 1.18 bits per heavy atom. The van der Waals surface area contributed by atoms with Gasteiger partial charge in [0.05, 0.1) is 29.5 Å². The number of fused-ring (bicyclic) bond motifs is 1. The standard InChI is InChI=1S/C22H31N5O5S/c1-2-9-27-20-6-5-18(15-19(20)23-24-27)33(29,30)26-10-3-4-17(16-26)21(28)25-11-7-22(8-12-25)31-13-14-32-22/h5-6,15,17H,2-4,7-14,16H2,1H3/t17-/m1/s1. The maximum Gasteiger partial charge on any atom is 0.243 e. The molecule has 180 valence electrons. The lowest BCUT2D eigenvalue weighted by molar-refractivity contribution is -0.188. The molecule has 1 aromatic heterocycles. The minimum atomic E-state index is -3.73. The second-order valence-electron chi connectivity index (χ2n) is 9.10. The van der Waals surface area contributed by atoms with Gasteiger partial charge in [-0.1, -0.05) is 12.1 Å². The first kappa shape index (κ1) is 22.7. The first-order valence-corrected chi connectivity index (χ1v) is 13.3. The van der Waals surface area contributed by atoms with E-state index in [0.717, 1.165) is 18.5 Å². The fourth-order valence-electron chi connectivity index (χ4n) is 5.11. The fourth-order valence-corrected chi connectivity index (χ4v) is 6.66. The molecule has 1 atom stereocenters. The summed E-state index contributed by atoms with van der Waals surface area (Å²) in [5.41, 5.74) is 1.38. The maximum absolute atomic E-state index is 13.4. The lowest BCUT2D eigenvalue weighted by atomic mass is 9.96. The van der Waals surface area contributed by atoms with E-state index < -0.39 is 15.8 Å². The van der Waals surface area contributed by atoms with Gasteiger partial charge < -0.3 is 14.4 Å². The number of hydrogen-bond acceptors (Lipinski definition) is 7. The van der Waals surface area contributed by atoms with Gasteiger partial charge in [-0.25, -0.2) is 13.1 Å². The number of ether oxygens (including phenoxy) is 2. The molecule has 3 aliphatic heterocycles. The summed E-state index contributed by atoms with van der Waals surface area (Å²) in [4.78, 5) is 15.2. The summed E-state index contributed by atoms with van der Waals surface area (Å²) >= 11 is 0. The average molecular weight is 478 g/mol. The molecule has 1 amide bonds. The van der Waals surface area contributed by atoms with Crippen molar-refractivity contribution in [3.05, 3.63) is 18.2 Å². The molecule has 10 nitrogen and oxygen atoms in total. The van der Waals surface area contributed by atoms with Crippen molar-refractivity contribution in [3.63, 3.8) is 0 Å². The molecule has 3 saturated heterocycles. The van der Waals surface area contributed by atoms with Gasteiger partial charge in [0.25, 0.3) is 0 Å². The molecule has 3 aliphatic rings. The highest BCUT2D eigenvalue weighted by Gasteiger charge is 2.42. The van der Waals surface area contributed by atoms with Crippen molar-refractivity contribution in [2.24, 2.45) is 5.92 Å². The predicted molar refractivity (Wildman–Crippen MR) is 120 cm³/mol. The van der Waals surface area contributed by atoms with Crippen molar-refractivity contribution >= 4 is 27.0 Å². The first-order valence-electron chi connectivity index (χ1n) is 11.8. The number of aromatic nitrogens is 3. The molecule has 2 aromatic rings. The van der Waals surface area contributed by atoms with Crippen LogP contribution in [0, 0.1) is 5.92 Å². The van der Waals surface area contributed by atoms with Gasteiger partial charge in [-0.2, -0.15) is 4.31 Å². The highest BCUT2D eigenvalue weighted by molar-refractivity contribution is 7.89. The zero-order valence-electron chi connectivity index (χ0n) is 19.0. The number of likely N-dealkylation sites (tertiary alicyclic amines) is 1. The monoisotopic (exact) mass is 477 g/mol. The van der Waals surface area contributed by atoms with E-state index in [1.54, 1.807) is 22.9 Å². The van der Waals surface area contributed by atoms with Crippen LogP contribution < -0.4 is 0 Å². The van der Waals surface area contributed by atoms with E-state index >= 15 is 0 Å². The Balaban J connectivity index is 1.28. The maximum atomic E-state index is 13.4. The zero-order chi connectivity index (χ0) is 23.1. The molecule has 5 rings (SSSR count). The molecule has 0 aliphatic carbocycles. The van der Waals surface area contributed by atoms with Crippen LogP contribution in [0.4, 0.5) is 0 Å². The van der Waals surface area contributed by atoms with E-state index in [2.05, 4.69) is 17.2 Å². The third-order valence-corrected chi connectivity index (χ3v) is 8.80. The zero-order valence-corrected chi connectivity index (χ0v) is 19.8. The largest absolute Gasteiger partial charge is 0.347 e. The Labute approximate surface area is 193 Å². The number of piperidine rings is 2. The van der Waals surface area contributed by atoms with E-state index in [1.165, 1.54) is 4.31 Å². The predicted octanol–water partition coefficient (Wildman–Crippen LogP) is 1.61. The summed E-state index contributed by atoms with van der Waals surface area (Å²) in [6, 6.07) is 4.96. The molecule has 0 saturated carbocycles. The van der Waals surface area contributed by atoms with Crippen LogP contribution in [0.25, 0.3) is 11.0 Å². The smallest absolute Gasteiger partial charge is 0.243 e. The van der Waals surface area contributed by atoms with Crippen LogP contribution in [0.3, 0.4) is 0 Å². The summed E-state index contributed by atoms with van der Waals surface area (Å²) < 4.78 is 41.5. The van der Waals surface area contributed by atoms with Crippen molar-refractivity contribution in [1.29, 1.82) is 0 Å². The number of rotatable bonds is 5. The second kappa shape index (κ2) is 8.94. The topological polar surface area (TPSA) is 107 Å². The Bertz CT molecular complexity index is 1120. The summed E-state index contributed by atoms with van der Waals surface area (Å²) in [7, 11) is -3.73. The number of amides is 1. The summed E-state index contributed by atoms with van der Waals surface area (Å²) in [6.45, 7) is 5.76. The van der Waals surface area contributed by atoms with Crippen LogP contribution in [-0.4, -0.2) is 83.7 Å². The Kier molecular flexibility index (Phi) is 6.15. The molecule has 4 heterocycles.